The van der Waals surface area contributed by atoms with Gasteiger partial charge in [0, 0.05) is 31.5 Å². The number of hydrogen-bond donors (Lipinski definition) is 11. The standard InChI is InChI=1S/C30H56N8O9/c1-30(43)13-44-28(23(42)26(30)36-2)46-24-15(10-21(40)20(39)5-6-37-29(34)35)9-18(33)25(22(24)41)47-27-19(4-3-17(11-31)45-27)38-12-14-7-16(32)8-14/h3,14-16,18-20,22-28,36,38-39,41-43H,4-13,31-33H2,1-2H3,(H4,34,35,37)/t14?,15-,16?,18-,19+,20-,22+,23+,24-,25?,26+,27+,28+,30-/m0/s1. The summed E-state index contributed by atoms with van der Waals surface area (Å²) in [5.41, 5.74) is 27.7. The van der Waals surface area contributed by atoms with Crippen molar-refractivity contribution in [3.8, 4) is 0 Å². The van der Waals surface area contributed by atoms with Crippen molar-refractivity contribution in [1.29, 1.82) is 0 Å². The van der Waals surface area contributed by atoms with E-state index in [1.807, 2.05) is 6.08 Å². The number of rotatable bonds is 15. The average Bonchev–Trinajstić information content (AvgIpc) is 2.99. The highest BCUT2D eigenvalue weighted by Gasteiger charge is 2.52. The summed E-state index contributed by atoms with van der Waals surface area (Å²) < 4.78 is 24.5. The molecular weight excluding hydrogens is 616 g/mol. The number of nitrogens with zero attached hydrogens (tertiary/aromatic N) is 1. The monoisotopic (exact) mass is 672 g/mol. The van der Waals surface area contributed by atoms with E-state index in [0.717, 1.165) is 19.4 Å². The fraction of sp³-hybridized carbons (Fsp3) is 0.867. The molecule has 1 unspecified atom stereocenters. The lowest BCUT2D eigenvalue weighted by Gasteiger charge is -2.49. The van der Waals surface area contributed by atoms with Crippen molar-refractivity contribution in [2.75, 3.05) is 33.3 Å². The highest BCUT2D eigenvalue weighted by Crippen LogP contribution is 2.36. The van der Waals surface area contributed by atoms with Gasteiger partial charge in [0.1, 0.15) is 35.8 Å². The van der Waals surface area contributed by atoms with Gasteiger partial charge in [-0.3, -0.25) is 9.79 Å². The fourth-order valence-corrected chi connectivity index (χ4v) is 7.01. The molecule has 17 heteroatoms. The Bertz CT molecular complexity index is 1090. The minimum atomic E-state index is -1.40. The molecule has 47 heavy (non-hydrogen) atoms. The summed E-state index contributed by atoms with van der Waals surface area (Å²) >= 11 is 0. The molecule has 4 rings (SSSR count). The number of likely N-dealkylation sites (N-methyl/N-ethyl adjacent to an activating group) is 1. The van der Waals surface area contributed by atoms with Gasteiger partial charge in [-0.25, -0.2) is 0 Å². The van der Waals surface area contributed by atoms with Gasteiger partial charge >= 0.3 is 0 Å². The van der Waals surface area contributed by atoms with Crippen LogP contribution in [-0.2, 0) is 23.7 Å². The van der Waals surface area contributed by atoms with Crippen molar-refractivity contribution < 1.29 is 44.2 Å². The molecule has 2 heterocycles. The second kappa shape index (κ2) is 16.6. The fourth-order valence-electron chi connectivity index (χ4n) is 7.01. The molecule has 4 aliphatic rings. The number of guanidine groups is 1. The molecule has 0 amide bonds. The number of nitrogens with one attached hydrogen (secondary N) is 2. The van der Waals surface area contributed by atoms with Gasteiger partial charge in [-0.2, -0.15) is 0 Å². The van der Waals surface area contributed by atoms with Crippen LogP contribution in [0, 0.1) is 11.8 Å². The first-order valence-electron chi connectivity index (χ1n) is 16.5. The smallest absolute Gasteiger partial charge is 0.215 e. The van der Waals surface area contributed by atoms with Crippen LogP contribution < -0.4 is 39.3 Å². The molecule has 0 spiro atoms. The molecule has 2 aliphatic heterocycles. The topological polar surface area (TPSA) is 301 Å². The SMILES string of the molecule is CN[C@@H]1[C@@H](O)[C@@H](O[C@H]2[C@H](CC(=O)[C@@H](O)CCN=C(N)N)C[C@H](N)C(O[C@H]3OC(CN)=CC[C@H]3NCC3CC(N)C3)[C@@H]2O)OC[C@]1(C)O. The molecule has 16 N–H and O–H groups in total. The van der Waals surface area contributed by atoms with Gasteiger partial charge in [0.05, 0.1) is 31.3 Å². The van der Waals surface area contributed by atoms with Crippen LogP contribution in [0.25, 0.3) is 0 Å². The van der Waals surface area contributed by atoms with E-state index < -0.39 is 72.5 Å². The number of carbonyl (C=O) groups excluding carboxylic acids is 1. The third-order valence-electron chi connectivity index (χ3n) is 9.73. The van der Waals surface area contributed by atoms with E-state index in [1.165, 1.54) is 6.92 Å². The van der Waals surface area contributed by atoms with E-state index in [4.69, 9.17) is 47.6 Å². The molecule has 0 aromatic heterocycles. The Kier molecular flexibility index (Phi) is 13.4. The van der Waals surface area contributed by atoms with Gasteiger partial charge in [-0.05, 0) is 64.1 Å². The molecular formula is C30H56N8O9. The molecule has 1 saturated heterocycles. The molecule has 12 atom stereocenters. The van der Waals surface area contributed by atoms with Gasteiger partial charge in [-0.1, -0.05) is 0 Å². The lowest BCUT2D eigenvalue weighted by molar-refractivity contribution is -0.308. The molecule has 270 valence electrons. The predicted octanol–water partition coefficient (Wildman–Crippen LogP) is -4.21. The quantitative estimate of drug-likeness (QED) is 0.0580. The maximum atomic E-state index is 13.1. The van der Waals surface area contributed by atoms with E-state index in [1.54, 1.807) is 7.05 Å². The van der Waals surface area contributed by atoms with Crippen LogP contribution in [0.4, 0.5) is 0 Å². The van der Waals surface area contributed by atoms with Crippen molar-refractivity contribution in [3.63, 3.8) is 0 Å². The average molecular weight is 673 g/mol. The van der Waals surface area contributed by atoms with Crippen molar-refractivity contribution in [2.45, 2.75) is 118 Å². The summed E-state index contributed by atoms with van der Waals surface area (Å²) in [6.07, 6.45) is -4.02. The molecule has 0 aromatic rings. The van der Waals surface area contributed by atoms with Gasteiger partial charge in [0.25, 0.3) is 0 Å². The minimum Gasteiger partial charge on any atom is -0.467 e. The van der Waals surface area contributed by atoms with Crippen LogP contribution in [0.1, 0.15) is 45.4 Å². The van der Waals surface area contributed by atoms with Gasteiger partial charge in [-0.15, -0.1) is 0 Å². The highest BCUT2D eigenvalue weighted by atomic mass is 16.7. The van der Waals surface area contributed by atoms with Gasteiger partial charge in [0.2, 0.25) is 6.29 Å². The van der Waals surface area contributed by atoms with E-state index >= 15 is 0 Å². The van der Waals surface area contributed by atoms with Crippen LogP contribution in [0.5, 0.6) is 0 Å². The number of carbonyl (C=O) groups is 1. The zero-order valence-electron chi connectivity index (χ0n) is 27.3. The van der Waals surface area contributed by atoms with Crippen LogP contribution in [-0.4, -0.2) is 138 Å². The Morgan fingerprint density at radius 1 is 1.15 bits per heavy atom. The number of aliphatic imine (C=N–C) groups is 1. The Balaban J connectivity index is 1.52. The second-order valence-corrected chi connectivity index (χ2v) is 13.6. The maximum absolute atomic E-state index is 13.1. The van der Waals surface area contributed by atoms with E-state index in [9.17, 15) is 25.2 Å². The number of ketones is 1. The number of Topliss-reactive ketones (excluding diaryl/α,β-unsaturated/α-hetero) is 1. The number of nitrogens with two attached hydrogens (primary N) is 5. The largest absolute Gasteiger partial charge is 0.467 e. The molecule has 3 fully saturated rings. The van der Waals surface area contributed by atoms with Gasteiger partial charge in [0.15, 0.2) is 18.0 Å². The summed E-state index contributed by atoms with van der Waals surface area (Å²) in [6, 6.07) is -1.62. The zero-order valence-corrected chi connectivity index (χ0v) is 27.3. The number of aliphatic hydroxyl groups is 4. The molecule has 17 nitrogen and oxygen atoms in total. The summed E-state index contributed by atoms with van der Waals surface area (Å²) in [7, 11) is 1.59. The summed E-state index contributed by atoms with van der Waals surface area (Å²) in [5, 5.41) is 50.6. The Morgan fingerprint density at radius 2 is 1.85 bits per heavy atom. The first-order chi connectivity index (χ1) is 22.2. The normalized spacial score (nSPS) is 41.3. The Morgan fingerprint density at radius 3 is 2.49 bits per heavy atom. The van der Waals surface area contributed by atoms with Crippen LogP contribution in [0.2, 0.25) is 0 Å². The highest BCUT2D eigenvalue weighted by molar-refractivity contribution is 5.83. The summed E-state index contributed by atoms with van der Waals surface area (Å²) in [4.78, 5) is 16.9. The van der Waals surface area contributed by atoms with Crippen LogP contribution in [0.3, 0.4) is 0 Å². The second-order valence-electron chi connectivity index (χ2n) is 13.6. The third kappa shape index (κ3) is 9.58. The maximum Gasteiger partial charge on any atom is 0.215 e. The first kappa shape index (κ1) is 37.8. The van der Waals surface area contributed by atoms with Crippen molar-refractivity contribution in [2.24, 2.45) is 45.5 Å². The van der Waals surface area contributed by atoms with Gasteiger partial charge < -0.3 is 78.7 Å². The van der Waals surface area contributed by atoms with Crippen molar-refractivity contribution in [3.05, 3.63) is 11.8 Å². The summed E-state index contributed by atoms with van der Waals surface area (Å²) in [5.74, 6) is -0.367. The number of ether oxygens (including phenoxy) is 4. The van der Waals surface area contributed by atoms with Crippen molar-refractivity contribution >= 4 is 11.7 Å². The number of aliphatic hydroxyl groups excluding tert-OH is 3. The van der Waals surface area contributed by atoms with E-state index in [2.05, 4.69) is 15.6 Å². The minimum absolute atomic E-state index is 0.00407. The third-order valence-corrected chi connectivity index (χ3v) is 9.73. The van der Waals surface area contributed by atoms with E-state index in [0.29, 0.717) is 18.1 Å². The lowest BCUT2D eigenvalue weighted by Crippen LogP contribution is -2.67. The Hall–Kier alpha value is -2.00. The van der Waals surface area contributed by atoms with E-state index in [-0.39, 0.29) is 57.0 Å². The zero-order chi connectivity index (χ0) is 34.5. The lowest BCUT2D eigenvalue weighted by atomic mass is 9.76. The van der Waals surface area contributed by atoms with Crippen molar-refractivity contribution in [1.82, 2.24) is 10.6 Å². The molecule has 0 radical (unpaired) electrons. The molecule has 2 aliphatic carbocycles. The molecule has 2 saturated carbocycles. The predicted molar refractivity (Wildman–Crippen MR) is 171 cm³/mol. The molecule has 0 aromatic carbocycles. The van der Waals surface area contributed by atoms with Crippen LogP contribution in [0.15, 0.2) is 16.8 Å². The first-order valence-corrected chi connectivity index (χ1v) is 16.5. The summed E-state index contributed by atoms with van der Waals surface area (Å²) in [6.45, 7) is 2.29. The number of hydrogen-bond acceptors (Lipinski definition) is 15. The molecule has 0 bridgehead atoms. The van der Waals surface area contributed by atoms with Crippen LogP contribution >= 0.6 is 0 Å². The Labute approximate surface area is 275 Å².